The van der Waals surface area contributed by atoms with Crippen molar-refractivity contribution in [2.75, 3.05) is 0 Å². The number of rotatable bonds is 6. The van der Waals surface area contributed by atoms with E-state index in [4.69, 9.17) is 0 Å². The molecule has 1 N–H and O–H groups in total. The number of dihydropyridines is 1. The molecule has 1 heterocycles. The standard InChI is InChI=1S/C31H23NO2/c33-30(24-17-9-3-10-18-24)26-21-27(31(34)25-19-11-4-12-20-25)29(23-15-7-2-8-16-23)32-28(26)22-13-5-1-6-14-22/h1-20,32H,21H2. The van der Waals surface area contributed by atoms with Gasteiger partial charge in [-0.05, 0) is 11.1 Å². The van der Waals surface area contributed by atoms with Gasteiger partial charge < -0.3 is 5.32 Å². The third-order valence-corrected chi connectivity index (χ3v) is 5.95. The first-order chi connectivity index (χ1) is 16.7. The molecule has 34 heavy (non-hydrogen) atoms. The van der Waals surface area contributed by atoms with Crippen LogP contribution in [-0.2, 0) is 0 Å². The molecule has 5 rings (SSSR count). The number of Topliss-reactive ketones (excluding diaryl/α,β-unsaturated/α-hetero) is 2. The van der Waals surface area contributed by atoms with Gasteiger partial charge in [0.15, 0.2) is 11.6 Å². The van der Waals surface area contributed by atoms with Crippen molar-refractivity contribution in [2.45, 2.75) is 6.42 Å². The van der Waals surface area contributed by atoms with E-state index in [9.17, 15) is 9.59 Å². The van der Waals surface area contributed by atoms with Crippen LogP contribution in [0.3, 0.4) is 0 Å². The third-order valence-electron chi connectivity index (χ3n) is 5.95. The highest BCUT2D eigenvalue weighted by atomic mass is 16.1. The number of nitrogens with one attached hydrogen (secondary N) is 1. The number of hydrogen-bond donors (Lipinski definition) is 1. The molecule has 4 aromatic rings. The first-order valence-corrected chi connectivity index (χ1v) is 11.3. The maximum atomic E-state index is 13.7. The molecule has 0 saturated carbocycles. The summed E-state index contributed by atoms with van der Waals surface area (Å²) in [6.07, 6.45) is 0.239. The zero-order valence-corrected chi connectivity index (χ0v) is 18.6. The van der Waals surface area contributed by atoms with Crippen molar-refractivity contribution < 1.29 is 9.59 Å². The van der Waals surface area contributed by atoms with Gasteiger partial charge in [-0.1, -0.05) is 121 Å². The van der Waals surface area contributed by atoms with Crippen molar-refractivity contribution in [2.24, 2.45) is 0 Å². The maximum absolute atomic E-state index is 13.7. The monoisotopic (exact) mass is 441 g/mol. The van der Waals surface area contributed by atoms with E-state index in [1.54, 1.807) is 0 Å². The lowest BCUT2D eigenvalue weighted by Crippen LogP contribution is -2.26. The lowest BCUT2D eigenvalue weighted by molar-refractivity contribution is 0.102. The second-order valence-electron chi connectivity index (χ2n) is 8.13. The van der Waals surface area contributed by atoms with Crippen molar-refractivity contribution in [3.63, 3.8) is 0 Å². The third kappa shape index (κ3) is 4.24. The van der Waals surface area contributed by atoms with Crippen LogP contribution < -0.4 is 5.32 Å². The normalized spacial score (nSPS) is 13.4. The van der Waals surface area contributed by atoms with Gasteiger partial charge in [-0.3, -0.25) is 9.59 Å². The van der Waals surface area contributed by atoms with Crippen molar-refractivity contribution >= 4 is 23.0 Å². The Morgan fingerprint density at radius 3 is 1.15 bits per heavy atom. The van der Waals surface area contributed by atoms with Gasteiger partial charge in [0.05, 0.1) is 11.4 Å². The van der Waals surface area contributed by atoms with Crippen LogP contribution in [0.1, 0.15) is 38.3 Å². The molecule has 4 aromatic carbocycles. The zero-order chi connectivity index (χ0) is 23.3. The highest BCUT2D eigenvalue weighted by molar-refractivity contribution is 6.20. The molecule has 0 amide bonds. The summed E-state index contributed by atoms with van der Waals surface area (Å²) in [6, 6.07) is 38.1. The van der Waals surface area contributed by atoms with Gasteiger partial charge in [0.1, 0.15) is 0 Å². The summed E-state index contributed by atoms with van der Waals surface area (Å²) < 4.78 is 0. The fourth-order valence-electron chi connectivity index (χ4n) is 4.25. The van der Waals surface area contributed by atoms with E-state index in [1.165, 1.54) is 0 Å². The smallest absolute Gasteiger partial charge is 0.191 e. The summed E-state index contributed by atoms with van der Waals surface area (Å²) in [7, 11) is 0. The second-order valence-corrected chi connectivity index (χ2v) is 8.13. The van der Waals surface area contributed by atoms with Crippen molar-refractivity contribution in [1.82, 2.24) is 5.32 Å². The molecule has 0 aromatic heterocycles. The Kier molecular flexibility index (Phi) is 6.00. The fourth-order valence-corrected chi connectivity index (χ4v) is 4.25. The Morgan fingerprint density at radius 1 is 0.471 bits per heavy atom. The predicted octanol–water partition coefficient (Wildman–Crippen LogP) is 6.57. The molecule has 0 saturated heterocycles. The zero-order valence-electron chi connectivity index (χ0n) is 18.6. The summed E-state index contributed by atoms with van der Waals surface area (Å²) in [5, 5.41) is 3.51. The molecule has 1 aliphatic rings. The largest absolute Gasteiger partial charge is 0.354 e. The van der Waals surface area contributed by atoms with Gasteiger partial charge in [-0.25, -0.2) is 0 Å². The SMILES string of the molecule is O=C(C1=C(c2ccccc2)NC(c2ccccc2)=C(C(=O)c2ccccc2)C1)c1ccccc1. The molecule has 164 valence electrons. The van der Waals surface area contributed by atoms with Crippen LogP contribution in [0.5, 0.6) is 0 Å². The predicted molar refractivity (Wildman–Crippen MR) is 136 cm³/mol. The minimum absolute atomic E-state index is 0.0857. The van der Waals surface area contributed by atoms with Crippen LogP contribution in [0.4, 0.5) is 0 Å². The second kappa shape index (κ2) is 9.55. The fraction of sp³-hybridized carbons (Fsp3) is 0.0323. The number of carbonyl (C=O) groups excluding carboxylic acids is 2. The summed E-state index contributed by atoms with van der Waals surface area (Å²) in [5.41, 5.74) is 5.64. The van der Waals surface area contributed by atoms with Gasteiger partial charge >= 0.3 is 0 Å². The van der Waals surface area contributed by atoms with Crippen LogP contribution in [0, 0.1) is 0 Å². The van der Waals surface area contributed by atoms with Crippen LogP contribution in [0.15, 0.2) is 132 Å². The van der Waals surface area contributed by atoms with Crippen molar-refractivity contribution in [3.8, 4) is 0 Å². The van der Waals surface area contributed by atoms with Crippen LogP contribution in [0.2, 0.25) is 0 Å². The van der Waals surface area contributed by atoms with E-state index < -0.39 is 0 Å². The van der Waals surface area contributed by atoms with Gasteiger partial charge in [-0.15, -0.1) is 0 Å². The Labute approximate surface area is 199 Å². The molecule has 0 atom stereocenters. The van der Waals surface area contributed by atoms with Gasteiger partial charge in [0.2, 0.25) is 0 Å². The van der Waals surface area contributed by atoms with E-state index >= 15 is 0 Å². The van der Waals surface area contributed by atoms with Crippen molar-refractivity contribution in [3.05, 3.63) is 155 Å². The molecular weight excluding hydrogens is 418 g/mol. The molecule has 0 fully saturated rings. The number of allylic oxidation sites excluding steroid dienone is 2. The van der Waals surface area contributed by atoms with E-state index in [2.05, 4.69) is 5.32 Å². The van der Waals surface area contributed by atoms with Gasteiger partial charge in [-0.2, -0.15) is 0 Å². The number of ketones is 2. The van der Waals surface area contributed by atoms with Crippen molar-refractivity contribution in [1.29, 1.82) is 0 Å². The van der Waals surface area contributed by atoms with E-state index in [0.29, 0.717) is 22.3 Å². The summed E-state index contributed by atoms with van der Waals surface area (Å²) >= 11 is 0. The number of hydrogen-bond acceptors (Lipinski definition) is 3. The Balaban J connectivity index is 1.68. The maximum Gasteiger partial charge on any atom is 0.191 e. The molecule has 0 aliphatic carbocycles. The first kappa shape index (κ1) is 21.4. The lowest BCUT2D eigenvalue weighted by Gasteiger charge is -2.27. The molecule has 1 aliphatic heterocycles. The summed E-state index contributed by atoms with van der Waals surface area (Å²) in [4.78, 5) is 27.4. The molecule has 3 nitrogen and oxygen atoms in total. The number of carbonyl (C=O) groups is 2. The Hall–Kier alpha value is -4.50. The molecule has 3 heteroatoms. The first-order valence-electron chi connectivity index (χ1n) is 11.3. The van der Waals surface area contributed by atoms with Gasteiger partial charge in [0, 0.05) is 28.7 Å². The van der Waals surface area contributed by atoms with Gasteiger partial charge in [0.25, 0.3) is 0 Å². The Bertz CT molecular complexity index is 1280. The number of benzene rings is 4. The summed E-state index contributed by atoms with van der Waals surface area (Å²) in [5.74, 6) is -0.171. The average Bonchev–Trinajstić information content (AvgIpc) is 2.93. The molecule has 0 bridgehead atoms. The molecule has 0 radical (unpaired) electrons. The minimum atomic E-state index is -0.0857. The molecule has 0 spiro atoms. The quantitative estimate of drug-likeness (QED) is 0.344. The van der Waals surface area contributed by atoms with Crippen LogP contribution in [-0.4, -0.2) is 11.6 Å². The topological polar surface area (TPSA) is 46.2 Å². The average molecular weight is 442 g/mol. The van der Waals surface area contributed by atoms with E-state index in [1.807, 2.05) is 121 Å². The highest BCUT2D eigenvalue weighted by Gasteiger charge is 2.30. The van der Waals surface area contributed by atoms with Crippen LogP contribution >= 0.6 is 0 Å². The van der Waals surface area contributed by atoms with E-state index in [0.717, 1.165) is 22.5 Å². The van der Waals surface area contributed by atoms with E-state index in [-0.39, 0.29) is 18.0 Å². The Morgan fingerprint density at radius 2 is 0.794 bits per heavy atom. The molecular formula is C31H23NO2. The summed E-state index contributed by atoms with van der Waals surface area (Å²) in [6.45, 7) is 0. The highest BCUT2D eigenvalue weighted by Crippen LogP contribution is 2.36. The molecule has 0 unspecified atom stereocenters. The van der Waals surface area contributed by atoms with Crippen LogP contribution in [0.25, 0.3) is 11.4 Å². The minimum Gasteiger partial charge on any atom is -0.354 e. The lowest BCUT2D eigenvalue weighted by atomic mass is 9.85.